The van der Waals surface area contributed by atoms with Crippen molar-refractivity contribution in [3.05, 3.63) is 6.33 Å². The van der Waals surface area contributed by atoms with Crippen LogP contribution in [0.5, 0.6) is 5.88 Å². The van der Waals surface area contributed by atoms with Crippen molar-refractivity contribution in [2.45, 2.75) is 104 Å². The Morgan fingerprint density at radius 2 is 1.60 bits per heavy atom. The van der Waals surface area contributed by atoms with Crippen LogP contribution < -0.4 is 20.6 Å². The SMILES string of the molecule is CCOC(=O)C(CC(C)C)NP(=O)(NC(CC(C)C)C(=O)OCC)OC[C@H]1O[C@@H](n2cnc3c(OCC)nc(N)nc32)C(C)(O)C1O. The summed E-state index contributed by atoms with van der Waals surface area (Å²) in [6, 6.07) is -2.13. The average molecular weight is 688 g/mol. The van der Waals surface area contributed by atoms with Gasteiger partial charge in [-0.15, -0.1) is 0 Å². The first-order valence-electron chi connectivity index (χ1n) is 15.9. The highest BCUT2D eigenvalue weighted by molar-refractivity contribution is 7.54. The van der Waals surface area contributed by atoms with Gasteiger partial charge in [0.25, 0.3) is 0 Å². The summed E-state index contributed by atoms with van der Waals surface area (Å²) >= 11 is 0. The number of anilines is 1. The molecule has 3 heterocycles. The quantitative estimate of drug-likeness (QED) is 0.111. The molecule has 6 N–H and O–H groups in total. The molecule has 1 fully saturated rings. The predicted octanol–water partition coefficient (Wildman–Crippen LogP) is 2.08. The maximum Gasteiger partial charge on any atom is 0.342 e. The smallest absolute Gasteiger partial charge is 0.342 e. The number of aliphatic hydroxyl groups is 2. The molecule has 6 atom stereocenters. The summed E-state index contributed by atoms with van der Waals surface area (Å²) in [6.45, 7) is 13.9. The van der Waals surface area contributed by atoms with Gasteiger partial charge < -0.3 is 39.4 Å². The van der Waals surface area contributed by atoms with E-state index in [1.807, 2.05) is 27.7 Å². The summed E-state index contributed by atoms with van der Waals surface area (Å²) in [5.74, 6) is -1.28. The van der Waals surface area contributed by atoms with Crippen LogP contribution in [0.25, 0.3) is 11.2 Å². The van der Waals surface area contributed by atoms with Gasteiger partial charge in [0.1, 0.15) is 29.9 Å². The van der Waals surface area contributed by atoms with Crippen LogP contribution in [0.3, 0.4) is 0 Å². The minimum atomic E-state index is -4.31. The zero-order chi connectivity index (χ0) is 35.1. The summed E-state index contributed by atoms with van der Waals surface area (Å²) in [6.07, 6.45) is -2.23. The van der Waals surface area contributed by atoms with Gasteiger partial charge >= 0.3 is 19.6 Å². The lowest BCUT2D eigenvalue weighted by molar-refractivity contribution is -0.146. The molecule has 1 saturated heterocycles. The van der Waals surface area contributed by atoms with E-state index in [1.54, 1.807) is 20.8 Å². The number of fused-ring (bicyclic) bond motifs is 1. The summed E-state index contributed by atoms with van der Waals surface area (Å²) in [5, 5.41) is 28.2. The van der Waals surface area contributed by atoms with E-state index in [4.69, 9.17) is 29.2 Å². The molecule has 0 spiro atoms. The minimum absolute atomic E-state index is 0.0104. The van der Waals surface area contributed by atoms with Crippen molar-refractivity contribution in [2.75, 3.05) is 32.2 Å². The zero-order valence-electron chi connectivity index (χ0n) is 28.3. The third kappa shape index (κ3) is 9.59. The molecule has 1 aliphatic rings. The molecule has 0 aliphatic carbocycles. The standard InChI is InChI=1S/C29H50N7O10P/c1-9-42-24-21-23(32-28(30)33-24)36(15-31-21)27-29(8,40)22(37)20(46-27)14-45-47(41,34-18(12-16(4)5)25(38)43-10-2)35-19(13-17(6)7)26(39)44-11-3/h15-20,22,27,37,40H,9-14H2,1-8H3,(H2,30,32,33)(H2,34,35,41)/t18?,19?,20-,22?,27-,29?,47?/m1/s1. The summed E-state index contributed by atoms with van der Waals surface area (Å²) in [4.78, 5) is 38.4. The van der Waals surface area contributed by atoms with Gasteiger partial charge in [-0.3, -0.25) is 18.7 Å². The normalized spacial score (nSPS) is 24.0. The highest BCUT2D eigenvalue weighted by atomic mass is 31.2. The Hall–Kier alpha value is -2.92. The monoisotopic (exact) mass is 687 g/mol. The van der Waals surface area contributed by atoms with E-state index in [2.05, 4.69) is 25.1 Å². The third-order valence-corrected chi connectivity index (χ3v) is 9.14. The van der Waals surface area contributed by atoms with E-state index in [-0.39, 0.29) is 60.9 Å². The number of hydrogen-bond donors (Lipinski definition) is 5. The fraction of sp³-hybridized carbons (Fsp3) is 0.759. The van der Waals surface area contributed by atoms with E-state index in [0.717, 1.165) is 0 Å². The van der Waals surface area contributed by atoms with Crippen LogP contribution in [-0.2, 0) is 32.9 Å². The molecule has 266 valence electrons. The zero-order valence-corrected chi connectivity index (χ0v) is 29.2. The number of carbonyl (C=O) groups excluding carboxylic acids is 2. The second-order valence-corrected chi connectivity index (χ2v) is 14.2. The molecule has 4 unspecified atom stereocenters. The lowest BCUT2D eigenvalue weighted by Gasteiger charge is -2.30. The molecular formula is C29H50N7O10P. The number of hydrogen-bond acceptors (Lipinski definition) is 14. The molecule has 2 aromatic rings. The van der Waals surface area contributed by atoms with Crippen LogP contribution in [0.15, 0.2) is 6.33 Å². The summed E-state index contributed by atoms with van der Waals surface area (Å²) in [5.41, 5.74) is 4.42. The number of imidazole rings is 1. The van der Waals surface area contributed by atoms with Crippen LogP contribution in [0.2, 0.25) is 0 Å². The number of rotatable bonds is 18. The van der Waals surface area contributed by atoms with Gasteiger partial charge in [-0.2, -0.15) is 9.97 Å². The topological polar surface area (TPSA) is 232 Å². The number of nitrogen functional groups attached to an aromatic ring is 1. The number of aromatic nitrogens is 4. The molecule has 1 aliphatic heterocycles. The largest absolute Gasteiger partial charge is 0.476 e. The fourth-order valence-electron chi connectivity index (χ4n) is 5.23. The second kappa shape index (κ2) is 16.5. The van der Waals surface area contributed by atoms with Crippen LogP contribution in [0.4, 0.5) is 5.95 Å². The molecule has 0 aromatic carbocycles. The Morgan fingerprint density at radius 1 is 1.04 bits per heavy atom. The first kappa shape index (κ1) is 38.5. The number of aliphatic hydroxyl groups excluding tert-OH is 1. The second-order valence-electron chi connectivity index (χ2n) is 12.3. The Morgan fingerprint density at radius 3 is 2.09 bits per heavy atom. The maximum atomic E-state index is 14.5. The fourth-order valence-corrected chi connectivity index (χ4v) is 7.05. The molecule has 0 saturated carbocycles. The minimum Gasteiger partial charge on any atom is -0.476 e. The number of carbonyl (C=O) groups is 2. The molecule has 2 aromatic heterocycles. The molecule has 3 rings (SSSR count). The predicted molar refractivity (Wildman–Crippen MR) is 171 cm³/mol. The molecular weight excluding hydrogens is 637 g/mol. The molecule has 47 heavy (non-hydrogen) atoms. The summed E-state index contributed by atoms with van der Waals surface area (Å²) in [7, 11) is -4.31. The van der Waals surface area contributed by atoms with Crippen LogP contribution in [0.1, 0.15) is 74.5 Å². The van der Waals surface area contributed by atoms with E-state index in [9.17, 15) is 24.4 Å². The number of nitrogens with one attached hydrogen (secondary N) is 2. The third-order valence-electron chi connectivity index (χ3n) is 7.32. The van der Waals surface area contributed by atoms with Crippen molar-refractivity contribution in [1.82, 2.24) is 29.7 Å². The van der Waals surface area contributed by atoms with Crippen molar-refractivity contribution in [2.24, 2.45) is 11.8 Å². The van der Waals surface area contributed by atoms with E-state index in [1.165, 1.54) is 17.8 Å². The highest BCUT2D eigenvalue weighted by Crippen LogP contribution is 2.45. The number of nitrogens with two attached hydrogens (primary N) is 1. The van der Waals surface area contributed by atoms with Gasteiger partial charge in [-0.1, -0.05) is 27.7 Å². The van der Waals surface area contributed by atoms with E-state index < -0.39 is 62.3 Å². The molecule has 0 amide bonds. The Balaban J connectivity index is 1.94. The van der Waals surface area contributed by atoms with Gasteiger partial charge in [0.15, 0.2) is 17.4 Å². The Bertz CT molecular complexity index is 1370. The van der Waals surface area contributed by atoms with Crippen molar-refractivity contribution < 1.29 is 47.8 Å². The van der Waals surface area contributed by atoms with Crippen molar-refractivity contribution in [3.63, 3.8) is 0 Å². The Kier molecular flexibility index (Phi) is 13.5. The molecule has 0 radical (unpaired) electrons. The number of ether oxygens (including phenoxy) is 4. The lowest BCUT2D eigenvalue weighted by Crippen LogP contribution is -2.47. The molecule has 18 heteroatoms. The Labute approximate surface area is 274 Å². The van der Waals surface area contributed by atoms with Crippen LogP contribution >= 0.6 is 7.67 Å². The highest BCUT2D eigenvalue weighted by Gasteiger charge is 2.54. The van der Waals surface area contributed by atoms with Crippen LogP contribution in [-0.4, -0.2) is 98.0 Å². The van der Waals surface area contributed by atoms with Crippen molar-refractivity contribution >= 4 is 36.7 Å². The van der Waals surface area contributed by atoms with Gasteiger partial charge in [0.2, 0.25) is 11.8 Å². The van der Waals surface area contributed by atoms with E-state index in [0.29, 0.717) is 6.61 Å². The number of esters is 2. The van der Waals surface area contributed by atoms with E-state index >= 15 is 0 Å². The van der Waals surface area contributed by atoms with Gasteiger partial charge in [-0.25, -0.2) is 15.2 Å². The first-order chi connectivity index (χ1) is 22.1. The average Bonchev–Trinajstić information content (AvgIpc) is 3.48. The summed E-state index contributed by atoms with van der Waals surface area (Å²) < 4.78 is 43.9. The lowest BCUT2D eigenvalue weighted by atomic mass is 9.96. The van der Waals surface area contributed by atoms with Crippen molar-refractivity contribution in [1.29, 1.82) is 0 Å². The first-order valence-corrected chi connectivity index (χ1v) is 17.5. The molecule has 0 bridgehead atoms. The maximum absolute atomic E-state index is 14.5. The van der Waals surface area contributed by atoms with Crippen molar-refractivity contribution in [3.8, 4) is 5.88 Å². The number of nitrogens with zero attached hydrogens (tertiary/aromatic N) is 4. The van der Waals surface area contributed by atoms with Crippen LogP contribution in [0, 0.1) is 11.8 Å². The van der Waals surface area contributed by atoms with Gasteiger partial charge in [-0.05, 0) is 52.4 Å². The van der Waals surface area contributed by atoms with Gasteiger partial charge in [0, 0.05) is 0 Å². The van der Waals surface area contributed by atoms with Gasteiger partial charge in [0.05, 0.1) is 32.8 Å². The molecule has 17 nitrogen and oxygen atoms in total.